The third-order valence-corrected chi connectivity index (χ3v) is 5.48. The number of halogens is 4. The molecule has 7 nitrogen and oxygen atoms in total. The molecule has 34 heavy (non-hydrogen) atoms. The molecule has 178 valence electrons. The highest BCUT2D eigenvalue weighted by Gasteiger charge is 2.36. The van der Waals surface area contributed by atoms with Crippen LogP contribution in [0.2, 0.25) is 0 Å². The molecular weight excluding hydrogens is 454 g/mol. The summed E-state index contributed by atoms with van der Waals surface area (Å²) in [6, 6.07) is 10.4. The summed E-state index contributed by atoms with van der Waals surface area (Å²) < 4.78 is 55.5. The van der Waals surface area contributed by atoms with Crippen molar-refractivity contribution in [1.29, 1.82) is 0 Å². The number of hydrogen-bond donors (Lipinski definition) is 2. The van der Waals surface area contributed by atoms with Crippen molar-refractivity contribution in [2.45, 2.75) is 25.6 Å². The van der Waals surface area contributed by atoms with Crippen molar-refractivity contribution in [3.63, 3.8) is 0 Å². The van der Waals surface area contributed by atoms with E-state index < -0.39 is 29.3 Å². The molecule has 3 aromatic rings. The minimum atomic E-state index is -4.80. The number of rotatable bonds is 5. The molecule has 0 atom stereocenters. The van der Waals surface area contributed by atoms with E-state index in [-0.39, 0.29) is 29.4 Å². The molecule has 2 aromatic carbocycles. The van der Waals surface area contributed by atoms with Crippen molar-refractivity contribution in [1.82, 2.24) is 14.7 Å². The van der Waals surface area contributed by atoms with Crippen LogP contribution in [0.25, 0.3) is 5.69 Å². The van der Waals surface area contributed by atoms with Gasteiger partial charge in [-0.25, -0.2) is 9.07 Å². The van der Waals surface area contributed by atoms with Crippen LogP contribution < -0.4 is 11.1 Å². The quantitative estimate of drug-likeness (QED) is 0.546. The van der Waals surface area contributed by atoms with E-state index >= 15 is 0 Å². The maximum Gasteiger partial charge on any atom is 0.435 e. The van der Waals surface area contributed by atoms with Crippen molar-refractivity contribution in [3.05, 3.63) is 76.9 Å². The molecule has 0 aliphatic carbocycles. The van der Waals surface area contributed by atoms with E-state index in [0.29, 0.717) is 24.7 Å². The van der Waals surface area contributed by atoms with E-state index in [1.807, 2.05) is 0 Å². The lowest BCUT2D eigenvalue weighted by molar-refractivity contribution is -0.141. The van der Waals surface area contributed by atoms with E-state index in [0.717, 1.165) is 23.6 Å². The predicted molar refractivity (Wildman–Crippen MR) is 116 cm³/mol. The smallest absolute Gasteiger partial charge is 0.339 e. The molecule has 1 aromatic heterocycles. The summed E-state index contributed by atoms with van der Waals surface area (Å²) >= 11 is 0. The fraction of sp³-hybridized carbons (Fsp3) is 0.261. The maximum absolute atomic E-state index is 14.7. The number of amides is 2. The van der Waals surface area contributed by atoms with Gasteiger partial charge in [-0.05, 0) is 48.7 Å². The first-order chi connectivity index (χ1) is 16.2. The summed E-state index contributed by atoms with van der Waals surface area (Å²) in [4.78, 5) is 26.9. The lowest BCUT2D eigenvalue weighted by Crippen LogP contribution is -2.27. The van der Waals surface area contributed by atoms with Gasteiger partial charge in [-0.2, -0.15) is 18.3 Å². The second-order valence-electron chi connectivity index (χ2n) is 7.85. The minimum absolute atomic E-state index is 0.125. The lowest BCUT2D eigenvalue weighted by Gasteiger charge is -2.16. The van der Waals surface area contributed by atoms with Gasteiger partial charge >= 0.3 is 6.18 Å². The van der Waals surface area contributed by atoms with Crippen LogP contribution >= 0.6 is 0 Å². The van der Waals surface area contributed by atoms with Crippen LogP contribution in [0.1, 0.15) is 44.9 Å². The van der Waals surface area contributed by atoms with Crippen molar-refractivity contribution >= 4 is 17.5 Å². The van der Waals surface area contributed by atoms with E-state index in [1.165, 1.54) is 24.3 Å². The molecule has 1 fully saturated rings. The van der Waals surface area contributed by atoms with E-state index in [2.05, 4.69) is 10.4 Å². The van der Waals surface area contributed by atoms with Gasteiger partial charge in [-0.3, -0.25) is 9.59 Å². The number of hydrogen-bond acceptors (Lipinski definition) is 4. The minimum Gasteiger partial charge on any atom is -0.339 e. The number of alkyl halides is 3. The Bertz CT molecular complexity index is 1230. The van der Waals surface area contributed by atoms with Crippen molar-refractivity contribution in [3.8, 4) is 5.69 Å². The molecule has 11 heteroatoms. The van der Waals surface area contributed by atoms with Crippen molar-refractivity contribution < 1.29 is 27.2 Å². The Balaban J connectivity index is 1.63. The number of likely N-dealkylation sites (tertiary alicyclic amines) is 1. The number of aromatic nitrogens is 2. The van der Waals surface area contributed by atoms with Gasteiger partial charge in [0.1, 0.15) is 11.5 Å². The molecule has 0 saturated carbocycles. The molecule has 1 aliphatic rings. The Morgan fingerprint density at radius 3 is 2.44 bits per heavy atom. The predicted octanol–water partition coefficient (Wildman–Crippen LogP) is 3.98. The van der Waals surface area contributed by atoms with Gasteiger partial charge in [0.05, 0.1) is 11.4 Å². The van der Waals surface area contributed by atoms with Gasteiger partial charge < -0.3 is 16.0 Å². The maximum atomic E-state index is 14.7. The van der Waals surface area contributed by atoms with E-state index in [4.69, 9.17) is 5.73 Å². The monoisotopic (exact) mass is 475 g/mol. The molecule has 0 spiro atoms. The Hall–Kier alpha value is -3.73. The number of carbonyl (C=O) groups is 2. The Morgan fingerprint density at radius 2 is 1.79 bits per heavy atom. The molecule has 2 heterocycles. The Morgan fingerprint density at radius 1 is 1.06 bits per heavy atom. The molecule has 3 N–H and O–H groups in total. The van der Waals surface area contributed by atoms with E-state index in [9.17, 15) is 27.2 Å². The highest BCUT2D eigenvalue weighted by molar-refractivity contribution is 6.04. The highest BCUT2D eigenvalue weighted by atomic mass is 19.4. The largest absolute Gasteiger partial charge is 0.435 e. The average Bonchev–Trinajstić information content (AvgIpc) is 3.50. The molecular formula is C23H21F4N5O2. The Kier molecular flexibility index (Phi) is 6.38. The SMILES string of the molecule is NCc1cccc(-n2nc(C(F)(F)F)cc2C(=O)Nc2ccc(C(=O)N3CCCC3)cc2F)c1. The summed E-state index contributed by atoms with van der Waals surface area (Å²) in [7, 11) is 0. The van der Waals surface area contributed by atoms with Crippen LogP contribution in [0, 0.1) is 5.82 Å². The van der Waals surface area contributed by atoms with Crippen LogP contribution in [0.15, 0.2) is 48.5 Å². The van der Waals surface area contributed by atoms with Crippen molar-refractivity contribution in [2.75, 3.05) is 18.4 Å². The number of benzene rings is 2. The Labute approximate surface area is 192 Å². The number of carbonyl (C=O) groups excluding carboxylic acids is 2. The van der Waals surface area contributed by atoms with Crippen LogP contribution in [-0.2, 0) is 12.7 Å². The first-order valence-electron chi connectivity index (χ1n) is 10.5. The highest BCUT2D eigenvalue weighted by Crippen LogP contribution is 2.30. The van der Waals surface area contributed by atoms with Crippen LogP contribution in [0.4, 0.5) is 23.2 Å². The van der Waals surface area contributed by atoms with Crippen LogP contribution in [0.5, 0.6) is 0 Å². The standard InChI is InChI=1S/C23H21F4N5O2/c24-17-11-15(22(34)31-8-1-2-9-31)6-7-18(17)29-21(33)19-12-20(23(25,26)27)30-32(19)16-5-3-4-14(10-16)13-28/h3-7,10-12H,1-2,8-9,13,28H2,(H,29,33). The van der Waals surface area contributed by atoms with Gasteiger partial charge in [-0.15, -0.1) is 0 Å². The summed E-state index contributed by atoms with van der Waals surface area (Å²) in [5, 5.41) is 5.81. The number of nitrogens with one attached hydrogen (secondary N) is 1. The fourth-order valence-corrected chi connectivity index (χ4v) is 3.73. The number of nitrogens with zero attached hydrogens (tertiary/aromatic N) is 3. The first kappa shape index (κ1) is 23.4. The first-order valence-corrected chi connectivity index (χ1v) is 10.5. The topological polar surface area (TPSA) is 93.2 Å². The zero-order valence-corrected chi connectivity index (χ0v) is 17.9. The second kappa shape index (κ2) is 9.26. The third-order valence-electron chi connectivity index (χ3n) is 5.48. The normalized spacial score (nSPS) is 13.9. The average molecular weight is 475 g/mol. The van der Waals surface area contributed by atoms with Gasteiger partial charge in [0.15, 0.2) is 5.69 Å². The van der Waals surface area contributed by atoms with E-state index in [1.54, 1.807) is 17.0 Å². The molecule has 1 saturated heterocycles. The van der Waals surface area contributed by atoms with Gasteiger partial charge in [-0.1, -0.05) is 12.1 Å². The molecule has 2 amide bonds. The molecule has 4 rings (SSSR count). The lowest BCUT2D eigenvalue weighted by atomic mass is 10.1. The summed E-state index contributed by atoms with van der Waals surface area (Å²) in [6.45, 7) is 1.32. The number of anilines is 1. The molecule has 0 bridgehead atoms. The van der Waals surface area contributed by atoms with Gasteiger partial charge in [0, 0.05) is 31.3 Å². The second-order valence-corrected chi connectivity index (χ2v) is 7.85. The molecule has 0 radical (unpaired) electrons. The summed E-state index contributed by atoms with van der Waals surface area (Å²) in [5.41, 5.74) is 4.54. The van der Waals surface area contributed by atoms with Crippen molar-refractivity contribution in [2.24, 2.45) is 5.73 Å². The van der Waals surface area contributed by atoms with Crippen LogP contribution in [0.3, 0.4) is 0 Å². The van der Waals surface area contributed by atoms with Crippen LogP contribution in [-0.4, -0.2) is 39.6 Å². The zero-order valence-electron chi connectivity index (χ0n) is 17.9. The summed E-state index contributed by atoms with van der Waals surface area (Å²) in [6.07, 6.45) is -3.04. The number of nitrogens with two attached hydrogens (primary N) is 1. The molecule has 0 unspecified atom stereocenters. The zero-order chi connectivity index (χ0) is 24.5. The summed E-state index contributed by atoms with van der Waals surface area (Å²) in [5.74, 6) is -2.20. The van der Waals surface area contributed by atoms with Gasteiger partial charge in [0.25, 0.3) is 11.8 Å². The third kappa shape index (κ3) is 4.79. The molecule has 1 aliphatic heterocycles. The van der Waals surface area contributed by atoms with Gasteiger partial charge in [0.2, 0.25) is 0 Å². The fourth-order valence-electron chi connectivity index (χ4n) is 3.73.